The number of rotatable bonds is 75. The zero-order chi connectivity index (χ0) is 69.1. The molecule has 0 saturated carbocycles. The molecular weight excluding hydrogens is 1230 g/mol. The second kappa shape index (κ2) is 68.2. The zero-order valence-corrected chi connectivity index (χ0v) is 62.9. The highest BCUT2D eigenvalue weighted by molar-refractivity contribution is 7.47. The van der Waals surface area contributed by atoms with Crippen molar-refractivity contribution in [3.8, 4) is 0 Å². The van der Waals surface area contributed by atoms with Crippen molar-refractivity contribution in [2.45, 2.75) is 412 Å². The van der Waals surface area contributed by atoms with Crippen molar-refractivity contribution in [1.29, 1.82) is 0 Å². The fraction of sp³-hybridized carbons (Fsp3) is 0.947. The van der Waals surface area contributed by atoms with Gasteiger partial charge in [0.15, 0.2) is 12.2 Å². The van der Waals surface area contributed by atoms with E-state index in [1.165, 1.54) is 212 Å². The van der Waals surface area contributed by atoms with Gasteiger partial charge in [0.2, 0.25) is 0 Å². The Kier molecular flexibility index (Phi) is 66.8. The van der Waals surface area contributed by atoms with Crippen molar-refractivity contribution in [1.82, 2.24) is 0 Å². The quantitative estimate of drug-likeness (QED) is 0.0222. The van der Waals surface area contributed by atoms with Gasteiger partial charge in [-0.3, -0.25) is 37.3 Å². The molecule has 0 aliphatic heterocycles. The molecule has 5 atom stereocenters. The monoisotopic (exact) mass is 1380 g/mol. The van der Waals surface area contributed by atoms with Crippen LogP contribution in [0.4, 0.5) is 0 Å². The molecule has 3 N–H and O–H groups in total. The molecule has 0 aromatic carbocycles. The van der Waals surface area contributed by atoms with Crippen LogP contribution in [0.2, 0.25) is 0 Å². The Morgan fingerprint density at radius 3 is 0.723 bits per heavy atom. The van der Waals surface area contributed by atoms with Gasteiger partial charge in [0.1, 0.15) is 19.3 Å². The summed E-state index contributed by atoms with van der Waals surface area (Å²) < 4.78 is 68.3. The third kappa shape index (κ3) is 68.6. The first-order valence-corrected chi connectivity index (χ1v) is 42.1. The smallest absolute Gasteiger partial charge is 0.462 e. The molecule has 17 nitrogen and oxygen atoms in total. The van der Waals surface area contributed by atoms with Crippen LogP contribution in [0.15, 0.2) is 0 Å². The molecule has 0 aromatic heterocycles. The number of phosphoric ester groups is 2. The summed E-state index contributed by atoms with van der Waals surface area (Å²) in [6.45, 7) is 7.24. The zero-order valence-electron chi connectivity index (χ0n) is 61.1. The van der Waals surface area contributed by atoms with Crippen LogP contribution in [0, 0.1) is 5.92 Å². The number of aliphatic hydroxyl groups is 1. The number of phosphoric acid groups is 2. The lowest BCUT2D eigenvalue weighted by Crippen LogP contribution is -2.30. The van der Waals surface area contributed by atoms with Crippen molar-refractivity contribution in [2.24, 2.45) is 5.92 Å². The second-order valence-electron chi connectivity index (χ2n) is 27.5. The first-order chi connectivity index (χ1) is 45.5. The van der Waals surface area contributed by atoms with E-state index < -0.39 is 97.5 Å². The molecular formula is C75H146O17P2. The molecule has 0 bridgehead atoms. The van der Waals surface area contributed by atoms with Gasteiger partial charge in [-0.15, -0.1) is 0 Å². The third-order valence-electron chi connectivity index (χ3n) is 17.5. The van der Waals surface area contributed by atoms with Crippen LogP contribution in [0.25, 0.3) is 0 Å². The highest BCUT2D eigenvalue weighted by Gasteiger charge is 2.30. The van der Waals surface area contributed by atoms with Crippen LogP contribution in [-0.2, 0) is 65.4 Å². The van der Waals surface area contributed by atoms with Crippen LogP contribution in [0.5, 0.6) is 0 Å². The molecule has 94 heavy (non-hydrogen) atoms. The number of hydrogen-bond donors (Lipinski definition) is 3. The van der Waals surface area contributed by atoms with Crippen LogP contribution in [0.3, 0.4) is 0 Å². The summed E-state index contributed by atoms with van der Waals surface area (Å²) in [6, 6.07) is 0. The molecule has 0 aromatic rings. The van der Waals surface area contributed by atoms with Gasteiger partial charge in [0.25, 0.3) is 0 Å². The number of carbonyl (C=O) groups excluding carboxylic acids is 4. The van der Waals surface area contributed by atoms with Crippen LogP contribution in [0.1, 0.15) is 394 Å². The average Bonchev–Trinajstić information content (AvgIpc) is 3.18. The average molecular weight is 1380 g/mol. The largest absolute Gasteiger partial charge is 0.472 e. The molecule has 0 spiro atoms. The maximum absolute atomic E-state index is 13.1. The van der Waals surface area contributed by atoms with Crippen molar-refractivity contribution < 1.29 is 80.2 Å². The normalized spacial score (nSPS) is 14.0. The van der Waals surface area contributed by atoms with E-state index in [1.807, 2.05) is 0 Å². The van der Waals surface area contributed by atoms with E-state index in [0.717, 1.165) is 102 Å². The number of esters is 4. The topological polar surface area (TPSA) is 237 Å². The molecule has 19 heteroatoms. The Labute approximate surface area is 575 Å². The Balaban J connectivity index is 5.14. The summed E-state index contributed by atoms with van der Waals surface area (Å²) in [5.74, 6) is -1.34. The summed E-state index contributed by atoms with van der Waals surface area (Å²) in [7, 11) is -9.90. The number of aliphatic hydroxyl groups excluding tert-OH is 1. The molecule has 0 rings (SSSR count). The molecule has 0 aliphatic carbocycles. The van der Waals surface area contributed by atoms with E-state index in [4.69, 9.17) is 37.0 Å². The highest BCUT2D eigenvalue weighted by Crippen LogP contribution is 2.45. The Morgan fingerprint density at radius 2 is 0.489 bits per heavy atom. The van der Waals surface area contributed by atoms with Gasteiger partial charge < -0.3 is 33.8 Å². The maximum atomic E-state index is 13.1. The molecule has 2 unspecified atom stereocenters. The molecule has 0 amide bonds. The second-order valence-corrected chi connectivity index (χ2v) is 30.4. The molecule has 0 fully saturated rings. The summed E-state index contributed by atoms with van der Waals surface area (Å²) in [5, 5.41) is 10.6. The fourth-order valence-corrected chi connectivity index (χ4v) is 13.1. The SMILES string of the molecule is CCCCCCCCCCCCCCCCCCCCCCCCC(=O)O[C@H](COC(=O)CCCCCCCCCCCCCCC(C)C)COP(=O)(O)OC[C@@H](O)COP(=O)(O)OC[C@@H](COC(=O)CCCCCCCCCC)OC(=O)CCCCCCCCCCC. The Hall–Kier alpha value is -1.94. The standard InChI is InChI=1S/C75H146O17P2/c1-6-9-12-15-18-21-22-23-24-25-26-27-28-29-30-31-32-37-41-46-51-56-61-75(80)92-71(65-86-73(78)59-54-49-44-40-36-34-33-35-39-42-47-52-57-68(4)5)67-90-94(83,84)88-63-69(76)62-87-93(81,82)89-66-70(64-85-72(77)58-53-48-43-20-17-14-11-8-3)91-74(79)60-55-50-45-38-19-16-13-10-7-2/h68-71,76H,6-67H2,1-5H3,(H,81,82)(H,83,84)/t69-,70+,71+/m0/s1. The van der Waals surface area contributed by atoms with Crippen molar-refractivity contribution >= 4 is 39.5 Å². The Morgan fingerprint density at radius 1 is 0.287 bits per heavy atom. The van der Waals surface area contributed by atoms with Crippen LogP contribution < -0.4 is 0 Å². The van der Waals surface area contributed by atoms with Gasteiger partial charge in [-0.2, -0.15) is 0 Å². The minimum absolute atomic E-state index is 0.106. The summed E-state index contributed by atoms with van der Waals surface area (Å²) in [5.41, 5.74) is 0. The van der Waals surface area contributed by atoms with Gasteiger partial charge in [-0.25, -0.2) is 9.13 Å². The van der Waals surface area contributed by atoms with Crippen molar-refractivity contribution in [3.63, 3.8) is 0 Å². The molecule has 0 heterocycles. The van der Waals surface area contributed by atoms with E-state index >= 15 is 0 Å². The third-order valence-corrected chi connectivity index (χ3v) is 19.4. The van der Waals surface area contributed by atoms with Gasteiger partial charge >= 0.3 is 39.5 Å². The summed E-state index contributed by atoms with van der Waals surface area (Å²) >= 11 is 0. The predicted octanol–water partition coefficient (Wildman–Crippen LogP) is 22.1. The first kappa shape index (κ1) is 92.1. The highest BCUT2D eigenvalue weighted by atomic mass is 31.2. The van der Waals surface area contributed by atoms with Gasteiger partial charge in [-0.1, -0.05) is 343 Å². The minimum Gasteiger partial charge on any atom is -0.462 e. The van der Waals surface area contributed by atoms with Gasteiger partial charge in [0, 0.05) is 25.7 Å². The molecule has 0 saturated heterocycles. The summed E-state index contributed by atoms with van der Waals surface area (Å²) in [4.78, 5) is 72.6. The molecule has 0 radical (unpaired) electrons. The van der Waals surface area contributed by atoms with Crippen molar-refractivity contribution in [2.75, 3.05) is 39.6 Å². The van der Waals surface area contributed by atoms with Crippen molar-refractivity contribution in [3.05, 3.63) is 0 Å². The maximum Gasteiger partial charge on any atom is 0.472 e. The number of carbonyl (C=O) groups is 4. The molecule has 0 aliphatic rings. The summed E-state index contributed by atoms with van der Waals surface area (Å²) in [6.07, 6.45) is 57.2. The van der Waals surface area contributed by atoms with E-state index in [1.54, 1.807) is 0 Å². The van der Waals surface area contributed by atoms with Crippen LogP contribution >= 0.6 is 15.6 Å². The predicted molar refractivity (Wildman–Crippen MR) is 382 cm³/mol. The number of ether oxygens (including phenoxy) is 4. The lowest BCUT2D eigenvalue weighted by molar-refractivity contribution is -0.161. The first-order valence-electron chi connectivity index (χ1n) is 39.1. The molecule has 558 valence electrons. The van der Waals surface area contributed by atoms with E-state index in [0.29, 0.717) is 25.7 Å². The van der Waals surface area contributed by atoms with E-state index in [-0.39, 0.29) is 25.7 Å². The van der Waals surface area contributed by atoms with Gasteiger partial charge in [-0.05, 0) is 31.6 Å². The van der Waals surface area contributed by atoms with Gasteiger partial charge in [0.05, 0.1) is 26.4 Å². The lowest BCUT2D eigenvalue weighted by Gasteiger charge is -2.21. The fourth-order valence-electron chi connectivity index (χ4n) is 11.5. The lowest BCUT2D eigenvalue weighted by atomic mass is 10.0. The van der Waals surface area contributed by atoms with E-state index in [2.05, 4.69) is 34.6 Å². The van der Waals surface area contributed by atoms with Crippen LogP contribution in [-0.4, -0.2) is 96.7 Å². The number of hydrogen-bond acceptors (Lipinski definition) is 15. The minimum atomic E-state index is -4.95. The van der Waals surface area contributed by atoms with E-state index in [9.17, 15) is 43.2 Å². The number of unbranched alkanes of at least 4 members (excludes halogenated alkanes) is 47. The Bertz CT molecular complexity index is 1810.